The minimum absolute atomic E-state index is 0.341. The Kier molecular flexibility index (Phi) is 3.66. The van der Waals surface area contributed by atoms with Gasteiger partial charge in [-0.2, -0.15) is 0 Å². The molecule has 5 heteroatoms. The van der Waals surface area contributed by atoms with Crippen LogP contribution in [0, 0.1) is 0 Å². The Morgan fingerprint density at radius 2 is 2.21 bits per heavy atom. The summed E-state index contributed by atoms with van der Waals surface area (Å²) in [4.78, 5) is 12.3. The van der Waals surface area contributed by atoms with E-state index >= 15 is 0 Å². The number of nitrogens with zero attached hydrogens (tertiary/aromatic N) is 1. The van der Waals surface area contributed by atoms with Gasteiger partial charge < -0.3 is 9.64 Å². The Balaban J connectivity index is 3.02. The monoisotopic (exact) mass is 231 g/mol. The van der Waals surface area contributed by atoms with Crippen LogP contribution in [0.1, 0.15) is 0 Å². The summed E-state index contributed by atoms with van der Waals surface area (Å²) in [6.45, 7) is 0. The van der Waals surface area contributed by atoms with Crippen molar-refractivity contribution >= 4 is 35.2 Å². The lowest BCUT2D eigenvalue weighted by Gasteiger charge is -2.15. The lowest BCUT2D eigenvalue weighted by atomic mass is 10.3. The van der Waals surface area contributed by atoms with Gasteiger partial charge in [0.2, 0.25) is 0 Å². The maximum atomic E-state index is 10.9. The van der Waals surface area contributed by atoms with Crippen molar-refractivity contribution in [1.82, 2.24) is 0 Å². The average molecular weight is 232 g/mol. The van der Waals surface area contributed by atoms with Gasteiger partial charge in [-0.15, -0.1) is 0 Å². The van der Waals surface area contributed by atoms with Crippen molar-refractivity contribution in [2.24, 2.45) is 0 Å². The lowest BCUT2D eigenvalue weighted by molar-refractivity contribution is 0.266. The SMILES string of the molecule is COc1ccc(N(C)C(=O)S)cc1Cl. The van der Waals surface area contributed by atoms with Crippen LogP contribution in [0.2, 0.25) is 5.02 Å². The van der Waals surface area contributed by atoms with Gasteiger partial charge >= 0.3 is 0 Å². The summed E-state index contributed by atoms with van der Waals surface area (Å²) < 4.78 is 4.99. The van der Waals surface area contributed by atoms with E-state index in [0.717, 1.165) is 0 Å². The molecule has 0 fully saturated rings. The van der Waals surface area contributed by atoms with E-state index in [-0.39, 0.29) is 5.24 Å². The summed E-state index contributed by atoms with van der Waals surface area (Å²) in [6, 6.07) is 5.08. The molecule has 0 aliphatic heterocycles. The van der Waals surface area contributed by atoms with E-state index in [1.54, 1.807) is 25.2 Å². The van der Waals surface area contributed by atoms with Crippen molar-refractivity contribution in [3.05, 3.63) is 23.2 Å². The van der Waals surface area contributed by atoms with Crippen LogP contribution in [0.25, 0.3) is 0 Å². The van der Waals surface area contributed by atoms with E-state index in [4.69, 9.17) is 16.3 Å². The molecule has 1 amide bonds. The number of hydrogen-bond acceptors (Lipinski definition) is 2. The van der Waals surface area contributed by atoms with Gasteiger partial charge in [0.15, 0.2) is 0 Å². The first kappa shape index (κ1) is 11.2. The number of amides is 1. The molecule has 0 atom stereocenters. The predicted octanol–water partition coefficient (Wildman–Crippen LogP) is 2.83. The number of rotatable bonds is 2. The topological polar surface area (TPSA) is 29.5 Å². The van der Waals surface area contributed by atoms with Crippen LogP contribution in [0.5, 0.6) is 5.75 Å². The first-order chi connectivity index (χ1) is 6.56. The van der Waals surface area contributed by atoms with Crippen molar-refractivity contribution in [2.45, 2.75) is 0 Å². The summed E-state index contributed by atoms with van der Waals surface area (Å²) >= 11 is 9.59. The standard InChI is InChI=1S/C9H10ClNO2S/c1-11(9(12)14)6-3-4-8(13-2)7(10)5-6/h3-5H,1-2H3,(H,12,14). The zero-order chi connectivity index (χ0) is 10.7. The van der Waals surface area contributed by atoms with Crippen molar-refractivity contribution in [3.63, 3.8) is 0 Å². The molecule has 0 saturated carbocycles. The molecule has 1 aromatic carbocycles. The number of anilines is 1. The van der Waals surface area contributed by atoms with E-state index in [2.05, 4.69) is 12.6 Å². The molecule has 1 aromatic rings. The van der Waals surface area contributed by atoms with E-state index in [9.17, 15) is 4.79 Å². The molecule has 0 aliphatic carbocycles. The van der Waals surface area contributed by atoms with E-state index in [1.807, 2.05) is 0 Å². The Morgan fingerprint density at radius 3 is 2.64 bits per heavy atom. The van der Waals surface area contributed by atoms with Crippen LogP contribution < -0.4 is 9.64 Å². The molecular formula is C9H10ClNO2S. The fraction of sp³-hybridized carbons (Fsp3) is 0.222. The molecule has 0 bridgehead atoms. The average Bonchev–Trinajstić information content (AvgIpc) is 2.16. The van der Waals surface area contributed by atoms with Gasteiger partial charge in [0.25, 0.3) is 5.24 Å². The number of carbonyl (C=O) groups excluding carboxylic acids is 1. The second-order valence-corrected chi connectivity index (χ2v) is 3.45. The summed E-state index contributed by atoms with van der Waals surface area (Å²) in [5.74, 6) is 0.579. The maximum absolute atomic E-state index is 10.9. The zero-order valence-electron chi connectivity index (χ0n) is 7.82. The third-order valence-corrected chi connectivity index (χ3v) is 2.40. The largest absolute Gasteiger partial charge is 0.495 e. The highest BCUT2D eigenvalue weighted by atomic mass is 35.5. The van der Waals surface area contributed by atoms with Crippen LogP contribution >= 0.6 is 24.2 Å². The number of ether oxygens (including phenoxy) is 1. The van der Waals surface area contributed by atoms with Gasteiger partial charge in [0.1, 0.15) is 5.75 Å². The van der Waals surface area contributed by atoms with Gasteiger partial charge in [0.05, 0.1) is 12.1 Å². The fourth-order valence-corrected chi connectivity index (χ4v) is 1.34. The Bertz CT molecular complexity index is 357. The number of halogens is 1. The number of benzene rings is 1. The maximum Gasteiger partial charge on any atom is 0.282 e. The Labute approximate surface area is 93.0 Å². The molecule has 0 spiro atoms. The molecule has 3 nitrogen and oxygen atoms in total. The normalized spacial score (nSPS) is 9.71. The third kappa shape index (κ3) is 2.33. The van der Waals surface area contributed by atoms with Gasteiger partial charge in [-0.3, -0.25) is 4.79 Å². The Morgan fingerprint density at radius 1 is 1.57 bits per heavy atom. The number of hydrogen-bond donors (Lipinski definition) is 1. The highest BCUT2D eigenvalue weighted by Gasteiger charge is 2.08. The molecule has 76 valence electrons. The molecule has 0 N–H and O–H groups in total. The minimum Gasteiger partial charge on any atom is -0.495 e. The van der Waals surface area contributed by atoms with Crippen molar-refractivity contribution < 1.29 is 9.53 Å². The van der Waals surface area contributed by atoms with Crippen LogP contribution in [0.3, 0.4) is 0 Å². The smallest absolute Gasteiger partial charge is 0.282 e. The van der Waals surface area contributed by atoms with Crippen LogP contribution in [-0.2, 0) is 0 Å². The molecule has 1 rings (SSSR count). The van der Waals surface area contributed by atoms with Crippen LogP contribution in [-0.4, -0.2) is 19.4 Å². The van der Waals surface area contributed by atoms with Gasteiger partial charge in [0, 0.05) is 12.7 Å². The summed E-state index contributed by atoms with van der Waals surface area (Å²) in [5, 5.41) is 0.123. The number of thiol groups is 1. The summed E-state index contributed by atoms with van der Waals surface area (Å²) in [6.07, 6.45) is 0. The second-order valence-electron chi connectivity index (χ2n) is 2.66. The van der Waals surface area contributed by atoms with Gasteiger partial charge in [-0.25, -0.2) is 0 Å². The van der Waals surface area contributed by atoms with Crippen molar-refractivity contribution in [1.29, 1.82) is 0 Å². The molecule has 0 radical (unpaired) electrons. The third-order valence-electron chi connectivity index (χ3n) is 1.81. The highest BCUT2D eigenvalue weighted by Crippen LogP contribution is 2.28. The van der Waals surface area contributed by atoms with E-state index in [0.29, 0.717) is 16.5 Å². The predicted molar refractivity (Wildman–Crippen MR) is 60.8 cm³/mol. The zero-order valence-corrected chi connectivity index (χ0v) is 9.47. The summed E-state index contributed by atoms with van der Waals surface area (Å²) in [7, 11) is 3.15. The number of methoxy groups -OCH3 is 1. The lowest BCUT2D eigenvalue weighted by Crippen LogP contribution is -2.19. The summed E-state index contributed by atoms with van der Waals surface area (Å²) in [5.41, 5.74) is 0.677. The first-order valence-corrected chi connectivity index (χ1v) is 4.69. The molecule has 0 saturated heterocycles. The minimum atomic E-state index is -0.341. The molecule has 0 aliphatic rings. The van der Waals surface area contributed by atoms with Crippen molar-refractivity contribution in [3.8, 4) is 5.75 Å². The molecule has 0 unspecified atom stereocenters. The second kappa shape index (κ2) is 4.57. The first-order valence-electron chi connectivity index (χ1n) is 3.86. The fourth-order valence-electron chi connectivity index (χ4n) is 0.974. The molecule has 0 aromatic heterocycles. The molecule has 0 heterocycles. The van der Waals surface area contributed by atoms with Crippen LogP contribution in [0.4, 0.5) is 10.5 Å². The molecule has 14 heavy (non-hydrogen) atoms. The molecular weight excluding hydrogens is 222 g/mol. The quantitative estimate of drug-likeness (QED) is 0.794. The van der Waals surface area contributed by atoms with E-state index in [1.165, 1.54) is 12.0 Å². The number of carbonyl (C=O) groups is 1. The van der Waals surface area contributed by atoms with Crippen LogP contribution in [0.15, 0.2) is 18.2 Å². The van der Waals surface area contributed by atoms with Gasteiger partial charge in [-0.05, 0) is 18.2 Å². The van der Waals surface area contributed by atoms with Gasteiger partial charge in [-0.1, -0.05) is 24.2 Å². The van der Waals surface area contributed by atoms with Crippen molar-refractivity contribution in [2.75, 3.05) is 19.1 Å². The Hall–Kier alpha value is -0.870. The van der Waals surface area contributed by atoms with E-state index < -0.39 is 0 Å². The highest BCUT2D eigenvalue weighted by molar-refractivity contribution is 7.96.